The first-order chi connectivity index (χ1) is 10.3. The van der Waals surface area contributed by atoms with Crippen molar-refractivity contribution in [3.63, 3.8) is 0 Å². The van der Waals surface area contributed by atoms with E-state index < -0.39 is 0 Å². The van der Waals surface area contributed by atoms with Crippen LogP contribution in [0.5, 0.6) is 0 Å². The summed E-state index contributed by atoms with van der Waals surface area (Å²) in [5.74, 6) is 0. The van der Waals surface area contributed by atoms with Gasteiger partial charge < -0.3 is 5.32 Å². The Hall–Kier alpha value is -1.72. The molecule has 0 spiro atoms. The van der Waals surface area contributed by atoms with Crippen molar-refractivity contribution in [2.24, 2.45) is 0 Å². The van der Waals surface area contributed by atoms with Crippen LogP contribution in [-0.2, 0) is 12.8 Å². The van der Waals surface area contributed by atoms with Crippen molar-refractivity contribution in [3.8, 4) is 0 Å². The lowest BCUT2D eigenvalue weighted by atomic mass is 10.0. The molecule has 3 rings (SSSR count). The van der Waals surface area contributed by atoms with E-state index in [4.69, 9.17) is 0 Å². The van der Waals surface area contributed by atoms with Crippen LogP contribution in [-0.4, -0.2) is 27.0 Å². The summed E-state index contributed by atoms with van der Waals surface area (Å²) >= 11 is 1.68. The van der Waals surface area contributed by atoms with Gasteiger partial charge >= 0.3 is 0 Å². The third-order valence-corrected chi connectivity index (χ3v) is 4.26. The number of hydrogen-bond donors (Lipinski definition) is 1. The summed E-state index contributed by atoms with van der Waals surface area (Å²) in [5.41, 5.74) is 2.42. The molecule has 0 amide bonds. The third kappa shape index (κ3) is 3.68. The van der Waals surface area contributed by atoms with Gasteiger partial charge in [0.15, 0.2) is 4.96 Å². The smallest absolute Gasteiger partial charge is 0.193 e. The average Bonchev–Trinajstić information content (AvgIpc) is 3.07. The maximum absolute atomic E-state index is 4.69. The average molecular weight is 300 g/mol. The molecule has 1 unspecified atom stereocenters. The fraction of sp³-hybridized carbons (Fsp3) is 0.375. The Morgan fingerprint density at radius 3 is 3.10 bits per heavy atom. The van der Waals surface area contributed by atoms with Gasteiger partial charge in [-0.1, -0.05) is 13.0 Å². The van der Waals surface area contributed by atoms with Crippen molar-refractivity contribution in [2.75, 3.05) is 6.54 Å². The van der Waals surface area contributed by atoms with Crippen LogP contribution in [0.4, 0.5) is 0 Å². The minimum atomic E-state index is 0.402. The number of nitrogens with zero attached hydrogens (tertiary/aromatic N) is 3. The molecular formula is C16H20N4S. The van der Waals surface area contributed by atoms with Crippen LogP contribution < -0.4 is 5.32 Å². The molecule has 4 nitrogen and oxygen atoms in total. The van der Waals surface area contributed by atoms with Gasteiger partial charge in [0.2, 0.25) is 0 Å². The Morgan fingerprint density at radius 2 is 2.33 bits per heavy atom. The Labute approximate surface area is 128 Å². The first-order valence-corrected chi connectivity index (χ1v) is 8.26. The number of pyridine rings is 1. The molecule has 1 N–H and O–H groups in total. The fourth-order valence-electron chi connectivity index (χ4n) is 2.50. The van der Waals surface area contributed by atoms with Crippen LogP contribution in [0.3, 0.4) is 0 Å². The van der Waals surface area contributed by atoms with Gasteiger partial charge in [-0.25, -0.2) is 4.98 Å². The minimum absolute atomic E-state index is 0.402. The maximum atomic E-state index is 4.69. The Kier molecular flexibility index (Phi) is 4.62. The molecule has 3 aromatic heterocycles. The van der Waals surface area contributed by atoms with E-state index in [1.165, 1.54) is 5.56 Å². The SMILES string of the molecule is CCCNC(Cc1cccnc1)Cc1cn2ccsc2n1. The topological polar surface area (TPSA) is 42.2 Å². The summed E-state index contributed by atoms with van der Waals surface area (Å²) in [5, 5.41) is 5.69. The van der Waals surface area contributed by atoms with Gasteiger partial charge in [-0.2, -0.15) is 0 Å². The zero-order valence-corrected chi connectivity index (χ0v) is 13.0. The lowest BCUT2D eigenvalue weighted by molar-refractivity contribution is 0.501. The Bertz CT molecular complexity index is 645. The number of nitrogens with one attached hydrogen (secondary N) is 1. The van der Waals surface area contributed by atoms with Crippen molar-refractivity contribution in [1.29, 1.82) is 0 Å². The zero-order valence-electron chi connectivity index (χ0n) is 12.2. The Morgan fingerprint density at radius 1 is 1.38 bits per heavy atom. The van der Waals surface area contributed by atoms with Crippen molar-refractivity contribution < 1.29 is 0 Å². The van der Waals surface area contributed by atoms with Crippen molar-refractivity contribution in [1.82, 2.24) is 19.7 Å². The second-order valence-corrected chi connectivity index (χ2v) is 6.12. The highest BCUT2D eigenvalue weighted by molar-refractivity contribution is 7.15. The zero-order chi connectivity index (χ0) is 14.5. The molecule has 0 saturated heterocycles. The molecule has 3 aromatic rings. The highest BCUT2D eigenvalue weighted by Crippen LogP contribution is 2.14. The van der Waals surface area contributed by atoms with Gasteiger partial charge in [0.05, 0.1) is 5.69 Å². The highest BCUT2D eigenvalue weighted by atomic mass is 32.1. The third-order valence-electron chi connectivity index (χ3n) is 3.49. The first kappa shape index (κ1) is 14.2. The van der Waals surface area contributed by atoms with Crippen LogP contribution >= 0.6 is 11.3 Å². The number of rotatable bonds is 7. The summed E-state index contributed by atoms with van der Waals surface area (Å²) in [4.78, 5) is 9.96. The molecule has 0 bridgehead atoms. The van der Waals surface area contributed by atoms with Gasteiger partial charge in [-0.15, -0.1) is 11.3 Å². The summed E-state index contributed by atoms with van der Waals surface area (Å²) in [6, 6.07) is 4.54. The van der Waals surface area contributed by atoms with E-state index >= 15 is 0 Å². The van der Waals surface area contributed by atoms with Crippen LogP contribution in [0, 0.1) is 0 Å². The number of imidazole rings is 1. The van der Waals surface area contributed by atoms with Gasteiger partial charge in [0.1, 0.15) is 0 Å². The van der Waals surface area contributed by atoms with Crippen molar-refractivity contribution in [3.05, 3.63) is 53.6 Å². The predicted octanol–water partition coefficient (Wildman–Crippen LogP) is 2.94. The predicted molar refractivity (Wildman–Crippen MR) is 86.8 cm³/mol. The summed E-state index contributed by atoms with van der Waals surface area (Å²) in [7, 11) is 0. The molecule has 21 heavy (non-hydrogen) atoms. The molecule has 0 saturated carbocycles. The molecular weight excluding hydrogens is 280 g/mol. The minimum Gasteiger partial charge on any atom is -0.313 e. The standard InChI is InChI=1S/C16H20N4S/c1-2-5-18-14(9-13-4-3-6-17-11-13)10-15-12-20-7-8-21-16(20)19-15/h3-4,6-8,11-12,14,18H,2,5,9-10H2,1H3. The number of aromatic nitrogens is 3. The molecule has 0 radical (unpaired) electrons. The van der Waals surface area contributed by atoms with Crippen molar-refractivity contribution >= 4 is 16.3 Å². The van der Waals surface area contributed by atoms with E-state index in [2.05, 4.69) is 50.4 Å². The summed E-state index contributed by atoms with van der Waals surface area (Å²) in [6.45, 7) is 3.23. The molecule has 1 atom stereocenters. The lowest BCUT2D eigenvalue weighted by Crippen LogP contribution is -2.34. The molecule has 5 heteroatoms. The second kappa shape index (κ2) is 6.83. The van der Waals surface area contributed by atoms with E-state index in [9.17, 15) is 0 Å². The van der Waals surface area contributed by atoms with E-state index in [1.807, 2.05) is 18.5 Å². The second-order valence-electron chi connectivity index (χ2n) is 5.25. The quantitative estimate of drug-likeness (QED) is 0.729. The molecule has 3 heterocycles. The number of hydrogen-bond acceptors (Lipinski definition) is 4. The monoisotopic (exact) mass is 300 g/mol. The van der Waals surface area contributed by atoms with E-state index in [0.717, 1.165) is 36.5 Å². The van der Waals surface area contributed by atoms with E-state index in [0.29, 0.717) is 6.04 Å². The normalized spacial score (nSPS) is 12.8. The Balaban J connectivity index is 1.70. The number of fused-ring (bicyclic) bond motifs is 1. The van der Waals surface area contributed by atoms with E-state index in [1.54, 1.807) is 11.3 Å². The summed E-state index contributed by atoms with van der Waals surface area (Å²) < 4.78 is 2.10. The van der Waals surface area contributed by atoms with Crippen LogP contribution in [0.2, 0.25) is 0 Å². The van der Waals surface area contributed by atoms with Crippen LogP contribution in [0.25, 0.3) is 4.96 Å². The van der Waals surface area contributed by atoms with Crippen molar-refractivity contribution in [2.45, 2.75) is 32.2 Å². The van der Waals surface area contributed by atoms with Crippen LogP contribution in [0.1, 0.15) is 24.6 Å². The molecule has 0 aromatic carbocycles. The van der Waals surface area contributed by atoms with Gasteiger partial charge in [0, 0.05) is 42.6 Å². The number of thiazole rings is 1. The molecule has 0 aliphatic heterocycles. The fourth-order valence-corrected chi connectivity index (χ4v) is 3.21. The first-order valence-electron chi connectivity index (χ1n) is 7.38. The summed E-state index contributed by atoms with van der Waals surface area (Å²) in [6.07, 6.45) is 11.0. The molecule has 0 fully saturated rings. The maximum Gasteiger partial charge on any atom is 0.193 e. The van der Waals surface area contributed by atoms with Gasteiger partial charge in [-0.05, 0) is 31.0 Å². The largest absolute Gasteiger partial charge is 0.313 e. The lowest BCUT2D eigenvalue weighted by Gasteiger charge is -2.17. The van der Waals surface area contributed by atoms with Crippen LogP contribution in [0.15, 0.2) is 42.3 Å². The molecule has 0 aliphatic rings. The van der Waals surface area contributed by atoms with Gasteiger partial charge in [-0.3, -0.25) is 9.38 Å². The highest BCUT2D eigenvalue weighted by Gasteiger charge is 2.13. The molecule has 0 aliphatic carbocycles. The van der Waals surface area contributed by atoms with Gasteiger partial charge in [0.25, 0.3) is 0 Å². The molecule has 110 valence electrons. The van der Waals surface area contributed by atoms with E-state index in [-0.39, 0.29) is 0 Å².